The van der Waals surface area contributed by atoms with Gasteiger partial charge in [0.05, 0.1) is 29.3 Å². The van der Waals surface area contributed by atoms with E-state index in [0.29, 0.717) is 29.4 Å². The third-order valence-corrected chi connectivity index (χ3v) is 6.90. The SMILES string of the molecule is N#Cc1ccccc1-c1ccc2[nH]c(=O)c(-c3cccs3)c(OCC3CCNCC3)c2c1. The van der Waals surface area contributed by atoms with Gasteiger partial charge in [-0.1, -0.05) is 30.3 Å². The van der Waals surface area contributed by atoms with Crippen molar-refractivity contribution >= 4 is 22.2 Å². The molecular formula is C26H23N3O2S. The van der Waals surface area contributed by atoms with Crippen molar-refractivity contribution in [1.29, 1.82) is 5.26 Å². The number of nitrogens with one attached hydrogen (secondary N) is 2. The summed E-state index contributed by atoms with van der Waals surface area (Å²) >= 11 is 1.53. The van der Waals surface area contributed by atoms with Crippen molar-refractivity contribution in [3.63, 3.8) is 0 Å². The quantitative estimate of drug-likeness (QED) is 0.448. The van der Waals surface area contributed by atoms with Crippen LogP contribution in [0.25, 0.3) is 32.5 Å². The lowest BCUT2D eigenvalue weighted by Gasteiger charge is -2.23. The smallest absolute Gasteiger partial charge is 0.260 e. The summed E-state index contributed by atoms with van der Waals surface area (Å²) in [6.45, 7) is 2.58. The number of pyridine rings is 1. The van der Waals surface area contributed by atoms with Crippen molar-refractivity contribution in [2.24, 2.45) is 5.92 Å². The van der Waals surface area contributed by atoms with Crippen LogP contribution in [0.2, 0.25) is 0 Å². The molecule has 160 valence electrons. The second-order valence-corrected chi connectivity index (χ2v) is 9.01. The Hall–Kier alpha value is -3.40. The van der Waals surface area contributed by atoms with Crippen LogP contribution in [0.4, 0.5) is 0 Å². The first-order valence-corrected chi connectivity index (χ1v) is 11.7. The van der Waals surface area contributed by atoms with Crippen LogP contribution < -0.4 is 15.6 Å². The molecule has 0 radical (unpaired) electrons. The second-order valence-electron chi connectivity index (χ2n) is 8.06. The molecule has 1 aliphatic heterocycles. The number of aromatic amines is 1. The molecule has 6 heteroatoms. The minimum Gasteiger partial charge on any atom is -0.492 e. The molecule has 32 heavy (non-hydrogen) atoms. The van der Waals surface area contributed by atoms with E-state index in [1.165, 1.54) is 11.3 Å². The van der Waals surface area contributed by atoms with E-state index in [9.17, 15) is 10.1 Å². The van der Waals surface area contributed by atoms with Gasteiger partial charge in [0.1, 0.15) is 5.75 Å². The Balaban J connectivity index is 1.67. The van der Waals surface area contributed by atoms with Crippen LogP contribution in [0, 0.1) is 17.2 Å². The molecule has 4 aromatic rings. The molecule has 0 spiro atoms. The number of nitrogens with zero attached hydrogens (tertiary/aromatic N) is 1. The van der Waals surface area contributed by atoms with Gasteiger partial charge in [0.25, 0.3) is 5.56 Å². The van der Waals surface area contributed by atoms with Crippen molar-refractivity contribution in [3.8, 4) is 33.4 Å². The molecule has 3 heterocycles. The molecule has 0 amide bonds. The van der Waals surface area contributed by atoms with Crippen LogP contribution in [0.1, 0.15) is 18.4 Å². The van der Waals surface area contributed by atoms with Gasteiger partial charge in [-0.15, -0.1) is 11.3 Å². The van der Waals surface area contributed by atoms with Crippen LogP contribution >= 0.6 is 11.3 Å². The van der Waals surface area contributed by atoms with E-state index in [4.69, 9.17) is 4.74 Å². The second kappa shape index (κ2) is 8.99. The number of fused-ring (bicyclic) bond motifs is 1. The minimum atomic E-state index is -0.148. The van der Waals surface area contributed by atoms with Crippen LogP contribution in [-0.2, 0) is 0 Å². The highest BCUT2D eigenvalue weighted by atomic mass is 32.1. The first kappa shape index (κ1) is 20.5. The zero-order valence-electron chi connectivity index (χ0n) is 17.6. The molecule has 0 aliphatic carbocycles. The van der Waals surface area contributed by atoms with Crippen LogP contribution in [0.15, 0.2) is 64.8 Å². The van der Waals surface area contributed by atoms with E-state index in [1.807, 2.05) is 60.0 Å². The van der Waals surface area contributed by atoms with Crippen molar-refractivity contribution in [1.82, 2.24) is 10.3 Å². The number of hydrogen-bond acceptors (Lipinski definition) is 5. The Morgan fingerprint density at radius 1 is 1.09 bits per heavy atom. The van der Waals surface area contributed by atoms with E-state index in [0.717, 1.165) is 52.8 Å². The molecule has 2 N–H and O–H groups in total. The van der Waals surface area contributed by atoms with Crippen molar-refractivity contribution in [2.45, 2.75) is 12.8 Å². The summed E-state index contributed by atoms with van der Waals surface area (Å²) in [6.07, 6.45) is 2.13. The fraction of sp³-hybridized carbons (Fsp3) is 0.231. The lowest BCUT2D eigenvalue weighted by atomic mass is 9.97. The molecule has 0 bridgehead atoms. The van der Waals surface area contributed by atoms with Gasteiger partial charge < -0.3 is 15.0 Å². The average molecular weight is 442 g/mol. The molecule has 2 aromatic heterocycles. The Kier molecular flexibility index (Phi) is 5.76. The Morgan fingerprint density at radius 3 is 2.72 bits per heavy atom. The minimum absolute atomic E-state index is 0.148. The third kappa shape index (κ3) is 3.93. The molecule has 0 atom stereocenters. The van der Waals surface area contributed by atoms with E-state index in [1.54, 1.807) is 0 Å². The van der Waals surface area contributed by atoms with Crippen molar-refractivity contribution < 1.29 is 4.74 Å². The van der Waals surface area contributed by atoms with Gasteiger partial charge in [-0.05, 0) is 72.6 Å². The lowest BCUT2D eigenvalue weighted by molar-refractivity contribution is 0.217. The lowest BCUT2D eigenvalue weighted by Crippen LogP contribution is -2.30. The standard InChI is InChI=1S/C26H23N3O2S/c27-15-19-4-1-2-5-20(19)18-7-8-22-21(14-18)25(31-16-17-9-11-28-12-10-17)24(26(30)29-22)23-6-3-13-32-23/h1-8,13-14,17,28H,9-12,16H2,(H,29,30). The molecular weight excluding hydrogens is 418 g/mol. The van der Waals surface area contributed by atoms with Crippen molar-refractivity contribution in [3.05, 3.63) is 75.9 Å². The number of thiophene rings is 1. The third-order valence-electron chi connectivity index (χ3n) is 6.01. The molecule has 1 saturated heterocycles. The molecule has 1 fully saturated rings. The maximum absolute atomic E-state index is 13.1. The number of H-pyrrole nitrogens is 1. The summed E-state index contributed by atoms with van der Waals surface area (Å²) in [7, 11) is 0. The van der Waals surface area contributed by atoms with Crippen LogP contribution in [0.5, 0.6) is 5.75 Å². The van der Waals surface area contributed by atoms with Crippen LogP contribution in [0.3, 0.4) is 0 Å². The van der Waals surface area contributed by atoms with Gasteiger partial charge in [0, 0.05) is 10.3 Å². The highest BCUT2D eigenvalue weighted by molar-refractivity contribution is 7.13. The molecule has 0 unspecified atom stereocenters. The molecule has 0 saturated carbocycles. The normalized spacial score (nSPS) is 14.3. The zero-order valence-corrected chi connectivity index (χ0v) is 18.4. The first-order valence-electron chi connectivity index (χ1n) is 10.8. The number of rotatable bonds is 5. The molecule has 1 aliphatic rings. The van der Waals surface area contributed by atoms with Gasteiger partial charge in [-0.2, -0.15) is 5.26 Å². The van der Waals surface area contributed by atoms with E-state index >= 15 is 0 Å². The maximum Gasteiger partial charge on any atom is 0.260 e. The Labute approximate surface area is 190 Å². The molecule has 5 rings (SSSR count). The van der Waals surface area contributed by atoms with E-state index < -0.39 is 0 Å². The number of ether oxygens (including phenoxy) is 1. The van der Waals surface area contributed by atoms with Crippen molar-refractivity contribution in [2.75, 3.05) is 19.7 Å². The monoisotopic (exact) mass is 441 g/mol. The van der Waals surface area contributed by atoms with Gasteiger partial charge in [-0.25, -0.2) is 0 Å². The van der Waals surface area contributed by atoms with Gasteiger partial charge in [0.2, 0.25) is 0 Å². The topological polar surface area (TPSA) is 77.9 Å². The van der Waals surface area contributed by atoms with Gasteiger partial charge in [-0.3, -0.25) is 4.79 Å². The largest absolute Gasteiger partial charge is 0.492 e. The Bertz CT molecular complexity index is 1350. The number of piperidine rings is 1. The fourth-order valence-electron chi connectivity index (χ4n) is 4.31. The number of hydrogen-bond donors (Lipinski definition) is 2. The Morgan fingerprint density at radius 2 is 1.94 bits per heavy atom. The van der Waals surface area contributed by atoms with E-state index in [-0.39, 0.29) is 5.56 Å². The van der Waals surface area contributed by atoms with Crippen LogP contribution in [-0.4, -0.2) is 24.7 Å². The number of nitriles is 1. The number of benzene rings is 2. The summed E-state index contributed by atoms with van der Waals surface area (Å²) in [5, 5.41) is 15.8. The number of aromatic nitrogens is 1. The summed E-state index contributed by atoms with van der Waals surface area (Å²) < 4.78 is 6.44. The zero-order chi connectivity index (χ0) is 21.9. The van der Waals surface area contributed by atoms with Gasteiger partial charge >= 0.3 is 0 Å². The summed E-state index contributed by atoms with van der Waals surface area (Å²) in [5.41, 5.74) is 3.56. The molecule has 2 aromatic carbocycles. The highest BCUT2D eigenvalue weighted by Crippen LogP contribution is 2.38. The molecule has 5 nitrogen and oxygen atoms in total. The summed E-state index contributed by atoms with van der Waals surface area (Å²) in [6, 6.07) is 19.6. The highest BCUT2D eigenvalue weighted by Gasteiger charge is 2.20. The van der Waals surface area contributed by atoms with E-state index in [2.05, 4.69) is 16.4 Å². The maximum atomic E-state index is 13.1. The van der Waals surface area contributed by atoms with Gasteiger partial charge in [0.15, 0.2) is 0 Å². The first-order chi connectivity index (χ1) is 15.7. The summed E-state index contributed by atoms with van der Waals surface area (Å²) in [5.74, 6) is 1.09. The summed E-state index contributed by atoms with van der Waals surface area (Å²) in [4.78, 5) is 17.0. The average Bonchev–Trinajstić information content (AvgIpc) is 3.37. The predicted molar refractivity (Wildman–Crippen MR) is 129 cm³/mol. The fourth-order valence-corrected chi connectivity index (χ4v) is 5.07. The predicted octanol–water partition coefficient (Wildman–Crippen LogP) is 5.17.